The molecule has 8 nitrogen and oxygen atoms in total. The Bertz CT molecular complexity index is 775. The summed E-state index contributed by atoms with van der Waals surface area (Å²) in [4.78, 5) is 10.9. The third kappa shape index (κ3) is 6.63. The van der Waals surface area contributed by atoms with Gasteiger partial charge < -0.3 is 24.1 Å². The average molecular weight is 486 g/mol. The SMILES string of the molecule is C=C[C@@]1(SC)[C@H](O)[C@@H](OCOCC[Si](C)(C)C)[C@H](OCc2ccccc2[N+](=O)[O-])O[C@@H]1C. The maximum absolute atomic E-state index is 11.3. The molecule has 0 unspecified atom stereocenters. The summed E-state index contributed by atoms with van der Waals surface area (Å²) in [6.45, 7) is 13.0. The minimum atomic E-state index is -1.23. The van der Waals surface area contributed by atoms with Crippen LogP contribution in [0.1, 0.15) is 12.5 Å². The summed E-state index contributed by atoms with van der Waals surface area (Å²) in [6.07, 6.45) is 0.365. The fraction of sp³-hybridized carbons (Fsp3) is 0.636. The smallest absolute Gasteiger partial charge is 0.274 e. The number of hydrogen-bond acceptors (Lipinski definition) is 8. The minimum absolute atomic E-state index is 0.0170. The van der Waals surface area contributed by atoms with Crippen molar-refractivity contribution in [1.82, 2.24) is 0 Å². The van der Waals surface area contributed by atoms with Gasteiger partial charge in [-0.15, -0.1) is 18.3 Å². The Hall–Kier alpha value is -1.27. The molecule has 0 aromatic heterocycles. The number of aliphatic hydroxyl groups excluding tert-OH is 1. The summed E-state index contributed by atoms with van der Waals surface area (Å²) >= 11 is 1.43. The van der Waals surface area contributed by atoms with Gasteiger partial charge >= 0.3 is 0 Å². The summed E-state index contributed by atoms with van der Waals surface area (Å²) in [6, 6.07) is 7.36. The van der Waals surface area contributed by atoms with Gasteiger partial charge in [0.05, 0.1) is 27.9 Å². The number of nitro groups is 1. The monoisotopic (exact) mass is 485 g/mol. The first-order valence-electron chi connectivity index (χ1n) is 10.6. The summed E-state index contributed by atoms with van der Waals surface area (Å²) in [5.74, 6) is 0. The van der Waals surface area contributed by atoms with Crippen LogP contribution in [0.25, 0.3) is 0 Å². The molecule has 1 heterocycles. The molecule has 2 rings (SSSR count). The van der Waals surface area contributed by atoms with Gasteiger partial charge in [0.15, 0.2) is 6.29 Å². The normalized spacial score (nSPS) is 28.4. The number of ether oxygens (including phenoxy) is 4. The molecule has 0 saturated carbocycles. The quantitative estimate of drug-likeness (QED) is 0.117. The highest BCUT2D eigenvalue weighted by molar-refractivity contribution is 8.00. The first-order chi connectivity index (χ1) is 15.1. The molecule has 1 aromatic carbocycles. The Morgan fingerprint density at radius 2 is 2.03 bits per heavy atom. The standard InChI is InChI=1S/C22H35NO7SSi/c1-7-22(31-3)16(2)30-21(28-14-17-10-8-9-11-18(17)23(25)26)19(20(22)24)29-15-27-12-13-32(4,5)6/h7-11,16,19-21,24H,1,12-15H2,2-6H3/t16-,19-,20-,21-,22+/m1/s1. The number of thioether (sulfide) groups is 1. The average Bonchev–Trinajstić information content (AvgIpc) is 2.73. The maximum atomic E-state index is 11.3. The predicted molar refractivity (Wildman–Crippen MR) is 129 cm³/mol. The van der Waals surface area contributed by atoms with Gasteiger partial charge in [0, 0.05) is 20.7 Å². The molecule has 180 valence electrons. The molecule has 10 heteroatoms. The maximum Gasteiger partial charge on any atom is 0.274 e. The van der Waals surface area contributed by atoms with Crippen LogP contribution in [-0.2, 0) is 25.6 Å². The molecule has 1 aromatic rings. The van der Waals surface area contributed by atoms with Crippen molar-refractivity contribution in [1.29, 1.82) is 0 Å². The molecule has 1 aliphatic heterocycles. The Morgan fingerprint density at radius 3 is 2.62 bits per heavy atom. The first-order valence-corrected chi connectivity index (χ1v) is 15.5. The topological polar surface area (TPSA) is 100 Å². The Kier molecular flexibility index (Phi) is 9.89. The van der Waals surface area contributed by atoms with Crippen LogP contribution in [-0.4, -0.2) is 67.1 Å². The van der Waals surface area contributed by atoms with E-state index in [0.29, 0.717) is 12.2 Å². The van der Waals surface area contributed by atoms with Gasteiger partial charge in [-0.3, -0.25) is 10.1 Å². The van der Waals surface area contributed by atoms with E-state index in [1.807, 2.05) is 13.2 Å². The third-order valence-corrected chi connectivity index (χ3v) is 8.77. The van der Waals surface area contributed by atoms with E-state index in [1.54, 1.807) is 24.3 Å². The molecule has 1 aliphatic rings. The second-order valence-electron chi connectivity index (χ2n) is 9.02. The van der Waals surface area contributed by atoms with E-state index in [4.69, 9.17) is 18.9 Å². The Labute approximate surface area is 195 Å². The lowest BCUT2D eigenvalue weighted by atomic mass is 9.88. The lowest BCUT2D eigenvalue weighted by molar-refractivity contribution is -0.386. The second-order valence-corrected chi connectivity index (χ2v) is 15.8. The van der Waals surface area contributed by atoms with Crippen LogP contribution >= 0.6 is 11.8 Å². The van der Waals surface area contributed by atoms with Crippen LogP contribution in [0, 0.1) is 10.1 Å². The molecule has 32 heavy (non-hydrogen) atoms. The number of hydrogen-bond donors (Lipinski definition) is 1. The van der Waals surface area contributed by atoms with E-state index in [0.717, 1.165) is 6.04 Å². The Balaban J connectivity index is 2.13. The summed E-state index contributed by atoms with van der Waals surface area (Å²) in [5, 5.41) is 22.5. The van der Waals surface area contributed by atoms with Crippen molar-refractivity contribution in [3.05, 3.63) is 52.6 Å². The van der Waals surface area contributed by atoms with Crippen LogP contribution < -0.4 is 0 Å². The molecule has 0 spiro atoms. The van der Waals surface area contributed by atoms with E-state index in [1.165, 1.54) is 17.8 Å². The van der Waals surface area contributed by atoms with Gasteiger partial charge in [-0.25, -0.2) is 0 Å². The van der Waals surface area contributed by atoms with Crippen molar-refractivity contribution < 1.29 is 29.0 Å². The molecular formula is C22H35NO7SSi. The van der Waals surface area contributed by atoms with E-state index in [2.05, 4.69) is 26.2 Å². The fourth-order valence-corrected chi connectivity index (χ4v) is 5.22. The second kappa shape index (κ2) is 11.7. The number of nitrogens with zero attached hydrogens (tertiary/aromatic N) is 1. The van der Waals surface area contributed by atoms with Crippen molar-refractivity contribution in [2.45, 2.75) is 68.6 Å². The lowest BCUT2D eigenvalue weighted by Gasteiger charge is -2.49. The van der Waals surface area contributed by atoms with Crippen LogP contribution in [0.2, 0.25) is 25.7 Å². The molecular weight excluding hydrogens is 450 g/mol. The number of para-hydroxylation sites is 1. The van der Waals surface area contributed by atoms with Crippen molar-refractivity contribution in [2.24, 2.45) is 0 Å². The predicted octanol–water partition coefficient (Wildman–Crippen LogP) is 4.20. The molecule has 5 atom stereocenters. The largest absolute Gasteiger partial charge is 0.388 e. The van der Waals surface area contributed by atoms with Crippen molar-refractivity contribution in [3.8, 4) is 0 Å². The zero-order valence-corrected chi connectivity index (χ0v) is 21.3. The molecule has 1 N–H and O–H groups in total. The fourth-order valence-electron chi connectivity index (χ4n) is 3.54. The zero-order chi connectivity index (χ0) is 23.9. The molecule has 0 aliphatic carbocycles. The van der Waals surface area contributed by atoms with E-state index in [9.17, 15) is 15.2 Å². The number of nitro benzene ring substituents is 1. The Morgan fingerprint density at radius 1 is 1.34 bits per heavy atom. The van der Waals surface area contributed by atoms with Gasteiger partial charge in [0.25, 0.3) is 5.69 Å². The van der Waals surface area contributed by atoms with Gasteiger partial charge in [0.1, 0.15) is 19.0 Å². The van der Waals surface area contributed by atoms with E-state index >= 15 is 0 Å². The summed E-state index contributed by atoms with van der Waals surface area (Å²) in [7, 11) is -1.23. The molecule has 1 saturated heterocycles. The zero-order valence-electron chi connectivity index (χ0n) is 19.5. The number of rotatable bonds is 12. The van der Waals surface area contributed by atoms with E-state index in [-0.39, 0.29) is 19.1 Å². The van der Waals surface area contributed by atoms with Crippen molar-refractivity contribution >= 4 is 25.5 Å². The van der Waals surface area contributed by atoms with Crippen LogP contribution in [0.5, 0.6) is 0 Å². The molecule has 0 amide bonds. The molecule has 0 radical (unpaired) electrons. The highest BCUT2D eigenvalue weighted by Gasteiger charge is 2.53. The van der Waals surface area contributed by atoms with Crippen molar-refractivity contribution in [3.63, 3.8) is 0 Å². The minimum Gasteiger partial charge on any atom is -0.388 e. The summed E-state index contributed by atoms with van der Waals surface area (Å²) < 4.78 is 22.7. The van der Waals surface area contributed by atoms with Gasteiger partial charge in [-0.05, 0) is 25.3 Å². The molecule has 1 fully saturated rings. The van der Waals surface area contributed by atoms with Crippen molar-refractivity contribution in [2.75, 3.05) is 19.7 Å². The number of aliphatic hydroxyl groups is 1. The van der Waals surface area contributed by atoms with Gasteiger partial charge in [-0.1, -0.05) is 37.8 Å². The first kappa shape index (κ1) is 27.0. The third-order valence-electron chi connectivity index (χ3n) is 5.62. The van der Waals surface area contributed by atoms with Crippen LogP contribution in [0.15, 0.2) is 36.9 Å². The highest BCUT2D eigenvalue weighted by Crippen LogP contribution is 2.42. The van der Waals surface area contributed by atoms with E-state index < -0.39 is 42.3 Å². The van der Waals surface area contributed by atoms with Crippen LogP contribution in [0.4, 0.5) is 5.69 Å². The van der Waals surface area contributed by atoms with Gasteiger partial charge in [-0.2, -0.15) is 0 Å². The highest BCUT2D eigenvalue weighted by atomic mass is 32.2. The molecule has 0 bridgehead atoms. The van der Waals surface area contributed by atoms with Gasteiger partial charge in [0.2, 0.25) is 0 Å². The lowest BCUT2D eigenvalue weighted by Crippen LogP contribution is -2.63. The number of benzene rings is 1. The summed E-state index contributed by atoms with van der Waals surface area (Å²) in [5.41, 5.74) is 0.382. The van der Waals surface area contributed by atoms with Crippen LogP contribution in [0.3, 0.4) is 0 Å².